The Morgan fingerprint density at radius 3 is 2.69 bits per heavy atom. The normalized spacial score (nSPS) is 11.0. The topological polar surface area (TPSA) is 74.0 Å². The lowest BCUT2D eigenvalue weighted by Crippen LogP contribution is -2.08. The second-order valence-corrected chi connectivity index (χ2v) is 6.36. The van der Waals surface area contributed by atoms with Crippen molar-refractivity contribution >= 4 is 33.6 Å². The molecule has 134 valence electrons. The van der Waals surface area contributed by atoms with Crippen molar-refractivity contribution in [2.24, 2.45) is 0 Å². The van der Waals surface area contributed by atoms with E-state index in [0.717, 1.165) is 22.3 Å². The maximum atomic E-state index is 12.0. The number of aromatic nitrogens is 4. The third-order valence-electron chi connectivity index (χ3n) is 3.48. The molecule has 2 aromatic heterocycles. The lowest BCUT2D eigenvalue weighted by atomic mass is 10.3. The molecule has 0 aliphatic heterocycles. The first-order chi connectivity index (χ1) is 12.6. The fraction of sp³-hybridized carbons (Fsp3) is 0.167. The van der Waals surface area contributed by atoms with Gasteiger partial charge in [0.2, 0.25) is 5.91 Å². The van der Waals surface area contributed by atoms with Crippen molar-refractivity contribution in [3.8, 4) is 5.75 Å². The summed E-state index contributed by atoms with van der Waals surface area (Å²) in [7, 11) is 0. The van der Waals surface area contributed by atoms with Gasteiger partial charge >= 0.3 is 0 Å². The van der Waals surface area contributed by atoms with Gasteiger partial charge in [-0.15, -0.1) is 0 Å². The minimum absolute atomic E-state index is 0.234. The highest BCUT2D eigenvalue weighted by atomic mass is 79.9. The zero-order valence-electron chi connectivity index (χ0n) is 14.2. The van der Waals surface area contributed by atoms with E-state index in [9.17, 15) is 4.79 Å². The van der Waals surface area contributed by atoms with Crippen molar-refractivity contribution in [1.29, 1.82) is 0 Å². The second kappa shape index (κ2) is 8.48. The molecule has 0 aliphatic carbocycles. The zero-order chi connectivity index (χ0) is 18.4. The monoisotopic (exact) mass is 415 g/mol. The summed E-state index contributed by atoms with van der Waals surface area (Å²) in [4.78, 5) is 12.0. The van der Waals surface area contributed by atoms with Gasteiger partial charge in [0.15, 0.2) is 6.73 Å². The van der Waals surface area contributed by atoms with Crippen molar-refractivity contribution < 1.29 is 9.53 Å². The van der Waals surface area contributed by atoms with Crippen LogP contribution in [-0.4, -0.2) is 25.5 Å². The van der Waals surface area contributed by atoms with Crippen LogP contribution in [0.3, 0.4) is 0 Å². The summed E-state index contributed by atoms with van der Waals surface area (Å²) < 4.78 is 10.0. The molecular formula is C18H18BrN5O2. The lowest BCUT2D eigenvalue weighted by Gasteiger charge is -2.05. The highest BCUT2D eigenvalue weighted by Gasteiger charge is 2.03. The molecule has 1 aromatic carbocycles. The third-order valence-corrected chi connectivity index (χ3v) is 4.01. The molecule has 0 unspecified atom stereocenters. The molecule has 8 heteroatoms. The quantitative estimate of drug-likeness (QED) is 0.598. The van der Waals surface area contributed by atoms with E-state index in [1.165, 1.54) is 6.08 Å². The van der Waals surface area contributed by atoms with Gasteiger partial charge < -0.3 is 10.1 Å². The molecule has 0 saturated carbocycles. The smallest absolute Gasteiger partial charge is 0.248 e. The summed E-state index contributed by atoms with van der Waals surface area (Å²) >= 11 is 3.38. The van der Waals surface area contributed by atoms with E-state index >= 15 is 0 Å². The van der Waals surface area contributed by atoms with Gasteiger partial charge in [-0.25, -0.2) is 4.68 Å². The third kappa shape index (κ3) is 5.06. The van der Waals surface area contributed by atoms with Crippen LogP contribution in [0.25, 0.3) is 6.08 Å². The van der Waals surface area contributed by atoms with Crippen LogP contribution in [0.4, 0.5) is 5.69 Å². The standard InChI is InChI=1S/C18H18BrN5O2/c1-2-23-11-14(9-20-23)3-8-18(25)22-16-10-21-24(12-16)13-26-17-6-4-15(19)5-7-17/h3-12H,2,13H2,1H3,(H,22,25)/b8-3+. The molecule has 0 aliphatic rings. The Kier molecular flexibility index (Phi) is 5.85. The highest BCUT2D eigenvalue weighted by Crippen LogP contribution is 2.16. The van der Waals surface area contributed by atoms with Gasteiger partial charge in [-0.3, -0.25) is 9.48 Å². The van der Waals surface area contributed by atoms with Crippen molar-refractivity contribution in [1.82, 2.24) is 19.6 Å². The fourth-order valence-corrected chi connectivity index (χ4v) is 2.43. The van der Waals surface area contributed by atoms with E-state index in [1.807, 2.05) is 37.4 Å². The number of nitrogens with one attached hydrogen (secondary N) is 1. The maximum Gasteiger partial charge on any atom is 0.248 e. The average molecular weight is 416 g/mol. The zero-order valence-corrected chi connectivity index (χ0v) is 15.8. The number of carbonyl (C=O) groups is 1. The van der Waals surface area contributed by atoms with Crippen LogP contribution in [0.15, 0.2) is 59.6 Å². The molecule has 1 amide bonds. The number of carbonyl (C=O) groups excluding carboxylic acids is 1. The van der Waals surface area contributed by atoms with E-state index in [-0.39, 0.29) is 12.6 Å². The van der Waals surface area contributed by atoms with Crippen LogP contribution >= 0.6 is 15.9 Å². The Labute approximate surface area is 159 Å². The molecule has 3 aromatic rings. The molecule has 3 rings (SSSR count). The van der Waals surface area contributed by atoms with E-state index in [1.54, 1.807) is 34.0 Å². The predicted molar refractivity (Wildman–Crippen MR) is 103 cm³/mol. The number of nitrogens with zero attached hydrogens (tertiary/aromatic N) is 4. The van der Waals surface area contributed by atoms with Gasteiger partial charge in [0, 0.05) is 28.9 Å². The largest absolute Gasteiger partial charge is 0.471 e. The van der Waals surface area contributed by atoms with Crippen LogP contribution in [-0.2, 0) is 18.1 Å². The van der Waals surface area contributed by atoms with E-state index in [2.05, 4.69) is 31.4 Å². The number of halogens is 1. The Morgan fingerprint density at radius 1 is 1.19 bits per heavy atom. The molecule has 0 bridgehead atoms. The minimum Gasteiger partial charge on any atom is -0.471 e. The first kappa shape index (κ1) is 17.9. The van der Waals surface area contributed by atoms with E-state index < -0.39 is 0 Å². The molecule has 26 heavy (non-hydrogen) atoms. The molecule has 0 saturated heterocycles. The second-order valence-electron chi connectivity index (χ2n) is 5.45. The van der Waals surface area contributed by atoms with Crippen molar-refractivity contribution in [3.63, 3.8) is 0 Å². The van der Waals surface area contributed by atoms with Crippen LogP contribution in [0.1, 0.15) is 12.5 Å². The molecular weight excluding hydrogens is 398 g/mol. The van der Waals surface area contributed by atoms with Crippen molar-refractivity contribution in [2.45, 2.75) is 20.2 Å². The summed E-state index contributed by atoms with van der Waals surface area (Å²) in [5, 5.41) is 11.1. The first-order valence-electron chi connectivity index (χ1n) is 8.05. The van der Waals surface area contributed by atoms with Gasteiger partial charge in [0.25, 0.3) is 0 Å². The number of rotatable bonds is 7. The number of aryl methyl sites for hydroxylation is 1. The summed E-state index contributed by atoms with van der Waals surface area (Å²) in [5.74, 6) is 0.507. The molecule has 1 N–H and O–H groups in total. The Hall–Kier alpha value is -2.87. The molecule has 0 radical (unpaired) electrons. The number of benzene rings is 1. The maximum absolute atomic E-state index is 12.0. The Morgan fingerprint density at radius 2 is 1.96 bits per heavy atom. The van der Waals surface area contributed by atoms with E-state index in [4.69, 9.17) is 4.74 Å². The van der Waals surface area contributed by atoms with Crippen molar-refractivity contribution in [3.05, 3.63) is 65.2 Å². The molecule has 0 spiro atoms. The molecule has 2 heterocycles. The number of anilines is 1. The summed E-state index contributed by atoms with van der Waals surface area (Å²) in [5.41, 5.74) is 1.48. The number of hydrogen-bond acceptors (Lipinski definition) is 4. The average Bonchev–Trinajstić information content (AvgIpc) is 3.28. The molecule has 0 atom stereocenters. The first-order valence-corrected chi connectivity index (χ1v) is 8.84. The van der Waals surface area contributed by atoms with Crippen LogP contribution in [0, 0.1) is 0 Å². The van der Waals surface area contributed by atoms with Crippen LogP contribution in [0.2, 0.25) is 0 Å². The van der Waals surface area contributed by atoms with Gasteiger partial charge in [0.1, 0.15) is 5.75 Å². The van der Waals surface area contributed by atoms with E-state index in [0.29, 0.717) is 5.69 Å². The van der Waals surface area contributed by atoms with Gasteiger partial charge in [0.05, 0.1) is 24.3 Å². The Bertz CT molecular complexity index is 898. The fourth-order valence-electron chi connectivity index (χ4n) is 2.16. The number of hydrogen-bond donors (Lipinski definition) is 1. The molecule has 7 nitrogen and oxygen atoms in total. The summed E-state index contributed by atoms with van der Waals surface area (Å²) in [6.07, 6.45) is 10.1. The number of ether oxygens (including phenoxy) is 1. The Balaban J connectivity index is 1.50. The van der Waals surface area contributed by atoms with Crippen molar-refractivity contribution in [2.75, 3.05) is 5.32 Å². The van der Waals surface area contributed by atoms with Gasteiger partial charge in [-0.1, -0.05) is 15.9 Å². The molecule has 0 fully saturated rings. The summed E-state index contributed by atoms with van der Waals surface area (Å²) in [6, 6.07) is 7.53. The van der Waals surface area contributed by atoms with Crippen LogP contribution in [0.5, 0.6) is 5.75 Å². The van der Waals surface area contributed by atoms with Gasteiger partial charge in [-0.2, -0.15) is 10.2 Å². The van der Waals surface area contributed by atoms with Crippen LogP contribution < -0.4 is 10.1 Å². The lowest BCUT2D eigenvalue weighted by molar-refractivity contribution is -0.111. The minimum atomic E-state index is -0.234. The number of amides is 1. The highest BCUT2D eigenvalue weighted by molar-refractivity contribution is 9.10. The SMILES string of the molecule is CCn1cc(/C=C/C(=O)Nc2cnn(COc3ccc(Br)cc3)c2)cn1. The summed E-state index contributed by atoms with van der Waals surface area (Å²) in [6.45, 7) is 3.05. The predicted octanol–water partition coefficient (Wildman–Crippen LogP) is 3.55. The van der Waals surface area contributed by atoms with Gasteiger partial charge in [-0.05, 0) is 37.3 Å².